The fourth-order valence-corrected chi connectivity index (χ4v) is 1.46. The van der Waals surface area contributed by atoms with Gasteiger partial charge in [0, 0.05) is 12.6 Å². The second-order valence-corrected chi connectivity index (χ2v) is 3.20. The summed E-state index contributed by atoms with van der Waals surface area (Å²) in [4.78, 5) is 0. The van der Waals surface area contributed by atoms with E-state index in [-0.39, 0.29) is 0 Å². The van der Waals surface area contributed by atoms with Crippen molar-refractivity contribution in [1.29, 1.82) is 0 Å². The molecule has 0 aromatic heterocycles. The molecule has 3 nitrogen and oxygen atoms in total. The molecule has 4 N–H and O–H groups in total. The van der Waals surface area contributed by atoms with Crippen LogP contribution in [0.3, 0.4) is 0 Å². The number of anilines is 3. The molecule has 1 aromatic carbocycles. The van der Waals surface area contributed by atoms with Crippen LogP contribution in [0.15, 0.2) is 18.2 Å². The molecule has 3 heteroatoms. The second-order valence-electron chi connectivity index (χ2n) is 3.20. The van der Waals surface area contributed by atoms with Crippen molar-refractivity contribution in [3.8, 4) is 0 Å². The zero-order valence-electron chi connectivity index (χ0n) is 7.09. The van der Waals surface area contributed by atoms with Crippen molar-refractivity contribution in [1.82, 2.24) is 0 Å². The topological polar surface area (TPSA) is 50.1 Å². The molecular formula is C9H13N3. The normalized spacial score (nSPS) is 20.6. The molecule has 0 saturated carbocycles. The molecule has 0 bridgehead atoms. The molecule has 0 amide bonds. The molecule has 2 rings (SSSR count). The number of para-hydroxylation sites is 1. The van der Waals surface area contributed by atoms with Crippen LogP contribution in [0.25, 0.3) is 0 Å². The van der Waals surface area contributed by atoms with E-state index in [4.69, 9.17) is 5.73 Å². The Hall–Kier alpha value is -1.38. The standard InChI is InChI=1S/C9H13N3/c1-6-5-11-9-7(10)3-2-4-8(9)12-6/h2-4,6,11-12H,5,10H2,1H3. The van der Waals surface area contributed by atoms with Crippen LogP contribution in [-0.2, 0) is 0 Å². The highest BCUT2D eigenvalue weighted by molar-refractivity contribution is 5.82. The van der Waals surface area contributed by atoms with Gasteiger partial charge in [0.25, 0.3) is 0 Å². The number of rotatable bonds is 0. The first kappa shape index (κ1) is 7.28. The Labute approximate surface area is 72.0 Å². The summed E-state index contributed by atoms with van der Waals surface area (Å²) in [5.74, 6) is 0. The first-order chi connectivity index (χ1) is 5.77. The lowest BCUT2D eigenvalue weighted by molar-refractivity contribution is 0.818. The number of fused-ring (bicyclic) bond motifs is 1. The van der Waals surface area contributed by atoms with Gasteiger partial charge in [0.2, 0.25) is 0 Å². The Morgan fingerprint density at radius 3 is 3.17 bits per heavy atom. The molecule has 0 aliphatic carbocycles. The second kappa shape index (κ2) is 2.59. The van der Waals surface area contributed by atoms with Crippen LogP contribution in [-0.4, -0.2) is 12.6 Å². The van der Waals surface area contributed by atoms with Crippen LogP contribution in [0.5, 0.6) is 0 Å². The first-order valence-corrected chi connectivity index (χ1v) is 4.16. The third-order valence-electron chi connectivity index (χ3n) is 2.08. The zero-order valence-corrected chi connectivity index (χ0v) is 7.09. The van der Waals surface area contributed by atoms with Crippen molar-refractivity contribution in [2.45, 2.75) is 13.0 Å². The van der Waals surface area contributed by atoms with E-state index >= 15 is 0 Å². The number of nitrogens with one attached hydrogen (secondary N) is 2. The fourth-order valence-electron chi connectivity index (χ4n) is 1.46. The van der Waals surface area contributed by atoms with Crippen molar-refractivity contribution in [3.05, 3.63) is 18.2 Å². The van der Waals surface area contributed by atoms with Gasteiger partial charge in [0.05, 0.1) is 17.1 Å². The summed E-state index contributed by atoms with van der Waals surface area (Å²) >= 11 is 0. The Morgan fingerprint density at radius 2 is 2.33 bits per heavy atom. The third kappa shape index (κ3) is 1.07. The van der Waals surface area contributed by atoms with Gasteiger partial charge >= 0.3 is 0 Å². The van der Waals surface area contributed by atoms with Crippen molar-refractivity contribution < 1.29 is 0 Å². The molecule has 1 aliphatic rings. The largest absolute Gasteiger partial charge is 0.397 e. The average Bonchev–Trinajstić information content (AvgIpc) is 2.04. The SMILES string of the molecule is CC1CNc2c(N)cccc2N1. The Morgan fingerprint density at radius 1 is 1.50 bits per heavy atom. The molecule has 64 valence electrons. The summed E-state index contributed by atoms with van der Waals surface area (Å²) in [6, 6.07) is 6.37. The molecule has 1 aliphatic heterocycles. The number of nitrogens with two attached hydrogens (primary N) is 1. The molecule has 0 spiro atoms. The number of hydrogen-bond donors (Lipinski definition) is 3. The zero-order chi connectivity index (χ0) is 8.55. The highest BCUT2D eigenvalue weighted by atomic mass is 15.1. The molecule has 1 unspecified atom stereocenters. The number of hydrogen-bond acceptors (Lipinski definition) is 3. The van der Waals surface area contributed by atoms with Gasteiger partial charge < -0.3 is 16.4 Å². The van der Waals surface area contributed by atoms with Crippen molar-refractivity contribution in [3.63, 3.8) is 0 Å². The van der Waals surface area contributed by atoms with E-state index in [1.807, 2.05) is 18.2 Å². The summed E-state index contributed by atoms with van der Waals surface area (Å²) in [5, 5.41) is 6.65. The molecule has 0 radical (unpaired) electrons. The van der Waals surface area contributed by atoms with Crippen LogP contribution in [0.1, 0.15) is 6.92 Å². The minimum absolute atomic E-state index is 0.472. The quantitative estimate of drug-likeness (QED) is 0.508. The predicted molar refractivity (Wildman–Crippen MR) is 52.4 cm³/mol. The Balaban J connectivity index is 2.42. The van der Waals surface area contributed by atoms with Crippen LogP contribution in [0.4, 0.5) is 17.1 Å². The lowest BCUT2D eigenvalue weighted by Gasteiger charge is -2.26. The average molecular weight is 163 g/mol. The van der Waals surface area contributed by atoms with Gasteiger partial charge in [-0.3, -0.25) is 0 Å². The lowest BCUT2D eigenvalue weighted by atomic mass is 10.1. The summed E-state index contributed by atoms with van der Waals surface area (Å²) in [6.45, 7) is 3.07. The fraction of sp³-hybridized carbons (Fsp3) is 0.333. The van der Waals surface area contributed by atoms with Gasteiger partial charge in [-0.05, 0) is 19.1 Å². The Kier molecular flexibility index (Phi) is 1.57. The smallest absolute Gasteiger partial charge is 0.0810 e. The first-order valence-electron chi connectivity index (χ1n) is 4.16. The summed E-state index contributed by atoms with van der Waals surface area (Å²) in [7, 11) is 0. The molecule has 1 aromatic rings. The number of nitrogen functional groups attached to an aromatic ring is 1. The van der Waals surface area contributed by atoms with E-state index in [2.05, 4.69) is 17.6 Å². The lowest BCUT2D eigenvalue weighted by Crippen LogP contribution is -2.30. The summed E-state index contributed by atoms with van der Waals surface area (Å²) in [5.41, 5.74) is 8.74. The van der Waals surface area contributed by atoms with Gasteiger partial charge in [-0.15, -0.1) is 0 Å². The number of benzene rings is 1. The molecular weight excluding hydrogens is 150 g/mol. The van der Waals surface area contributed by atoms with E-state index in [0.717, 1.165) is 23.6 Å². The highest BCUT2D eigenvalue weighted by Crippen LogP contribution is 2.31. The van der Waals surface area contributed by atoms with Gasteiger partial charge in [-0.1, -0.05) is 6.07 Å². The summed E-state index contributed by atoms with van der Waals surface area (Å²) < 4.78 is 0. The van der Waals surface area contributed by atoms with E-state index in [0.29, 0.717) is 6.04 Å². The van der Waals surface area contributed by atoms with Crippen molar-refractivity contribution in [2.24, 2.45) is 0 Å². The maximum atomic E-state index is 5.78. The van der Waals surface area contributed by atoms with Crippen LogP contribution < -0.4 is 16.4 Å². The van der Waals surface area contributed by atoms with Gasteiger partial charge in [-0.25, -0.2) is 0 Å². The molecule has 1 heterocycles. The van der Waals surface area contributed by atoms with E-state index in [1.165, 1.54) is 0 Å². The molecule has 0 saturated heterocycles. The van der Waals surface area contributed by atoms with Gasteiger partial charge in [0.15, 0.2) is 0 Å². The minimum Gasteiger partial charge on any atom is -0.397 e. The van der Waals surface area contributed by atoms with Gasteiger partial charge in [0.1, 0.15) is 0 Å². The summed E-state index contributed by atoms with van der Waals surface area (Å²) in [6.07, 6.45) is 0. The van der Waals surface area contributed by atoms with Crippen LogP contribution >= 0.6 is 0 Å². The van der Waals surface area contributed by atoms with E-state index in [9.17, 15) is 0 Å². The molecule has 0 fully saturated rings. The third-order valence-corrected chi connectivity index (χ3v) is 2.08. The van der Waals surface area contributed by atoms with Crippen LogP contribution in [0.2, 0.25) is 0 Å². The van der Waals surface area contributed by atoms with E-state index in [1.54, 1.807) is 0 Å². The Bertz CT molecular complexity index is 296. The predicted octanol–water partition coefficient (Wildman–Crippen LogP) is 1.49. The maximum absolute atomic E-state index is 5.78. The molecule has 1 atom stereocenters. The minimum atomic E-state index is 0.472. The highest BCUT2D eigenvalue weighted by Gasteiger charge is 2.13. The van der Waals surface area contributed by atoms with Crippen LogP contribution in [0, 0.1) is 0 Å². The molecule has 12 heavy (non-hydrogen) atoms. The van der Waals surface area contributed by atoms with Crippen molar-refractivity contribution >= 4 is 17.1 Å². The van der Waals surface area contributed by atoms with Crippen molar-refractivity contribution in [2.75, 3.05) is 22.9 Å². The maximum Gasteiger partial charge on any atom is 0.0810 e. The monoisotopic (exact) mass is 163 g/mol. The van der Waals surface area contributed by atoms with Gasteiger partial charge in [-0.2, -0.15) is 0 Å². The van der Waals surface area contributed by atoms with E-state index < -0.39 is 0 Å².